The average Bonchev–Trinajstić information content (AvgIpc) is 2.76. The number of allylic oxidation sites excluding steroid dienone is 1. The number of nitrogens with zero attached hydrogens (tertiary/aromatic N) is 2. The predicted molar refractivity (Wildman–Crippen MR) is 75.5 cm³/mol. The zero-order chi connectivity index (χ0) is 12.3. The third kappa shape index (κ3) is 3.22. The lowest BCUT2D eigenvalue weighted by molar-refractivity contribution is 0.180. The fourth-order valence-electron chi connectivity index (χ4n) is 2.09. The van der Waals surface area contributed by atoms with E-state index in [0.717, 1.165) is 48.0 Å². The molecule has 2 heterocycles. The van der Waals surface area contributed by atoms with Crippen LogP contribution in [-0.2, 0) is 4.74 Å². The smallest absolute Gasteiger partial charge is 0.186 e. The summed E-state index contributed by atoms with van der Waals surface area (Å²) in [7, 11) is 0. The van der Waals surface area contributed by atoms with E-state index in [1.54, 1.807) is 11.3 Å². The van der Waals surface area contributed by atoms with Gasteiger partial charge in [-0.15, -0.1) is 11.3 Å². The number of piperidine rings is 1. The zero-order valence-electron chi connectivity index (χ0n) is 9.99. The highest BCUT2D eigenvalue weighted by Gasteiger charge is 2.23. The molecule has 5 heteroatoms. The Morgan fingerprint density at radius 2 is 2.35 bits per heavy atom. The summed E-state index contributed by atoms with van der Waals surface area (Å²) < 4.78 is 6.42. The van der Waals surface area contributed by atoms with Gasteiger partial charge in [0.15, 0.2) is 5.13 Å². The summed E-state index contributed by atoms with van der Waals surface area (Å²) in [5.41, 5.74) is 0. The first-order valence-electron chi connectivity index (χ1n) is 5.88. The van der Waals surface area contributed by atoms with Crippen molar-refractivity contribution in [2.24, 2.45) is 5.92 Å². The minimum absolute atomic E-state index is 0.509. The predicted octanol–water partition coefficient (Wildman–Crippen LogP) is 3.67. The van der Waals surface area contributed by atoms with Gasteiger partial charge in [-0.05, 0) is 35.7 Å². The molecule has 1 fully saturated rings. The summed E-state index contributed by atoms with van der Waals surface area (Å²) in [6.07, 6.45) is 2.21. The second kappa shape index (κ2) is 5.87. The Kier molecular flexibility index (Phi) is 4.45. The van der Waals surface area contributed by atoms with Crippen LogP contribution in [0.15, 0.2) is 22.3 Å². The minimum Gasteiger partial charge on any atom is -0.499 e. The largest absolute Gasteiger partial charge is 0.499 e. The van der Waals surface area contributed by atoms with E-state index in [1.165, 1.54) is 0 Å². The maximum atomic E-state index is 5.49. The van der Waals surface area contributed by atoms with Crippen LogP contribution in [0.2, 0.25) is 0 Å². The van der Waals surface area contributed by atoms with E-state index < -0.39 is 0 Å². The SMILES string of the molecule is C=C(OCC)C1CCN(c2nc(Br)cs2)CC1. The summed E-state index contributed by atoms with van der Waals surface area (Å²) in [4.78, 5) is 6.79. The molecule has 0 bridgehead atoms. The summed E-state index contributed by atoms with van der Waals surface area (Å²) in [6.45, 7) is 8.81. The Labute approximate surface area is 115 Å². The molecule has 1 aromatic heterocycles. The van der Waals surface area contributed by atoms with E-state index in [0.29, 0.717) is 5.92 Å². The molecular formula is C12H17BrN2OS. The first kappa shape index (κ1) is 12.9. The van der Waals surface area contributed by atoms with Crippen molar-refractivity contribution in [1.82, 2.24) is 4.98 Å². The van der Waals surface area contributed by atoms with Crippen molar-refractivity contribution < 1.29 is 4.74 Å². The molecule has 0 saturated carbocycles. The van der Waals surface area contributed by atoms with Crippen molar-refractivity contribution in [3.8, 4) is 0 Å². The van der Waals surface area contributed by atoms with Gasteiger partial charge in [0.1, 0.15) is 4.60 Å². The number of thiazole rings is 1. The summed E-state index contributed by atoms with van der Waals surface area (Å²) >= 11 is 5.08. The first-order chi connectivity index (χ1) is 8.20. The van der Waals surface area contributed by atoms with Gasteiger partial charge in [0.2, 0.25) is 0 Å². The van der Waals surface area contributed by atoms with Crippen LogP contribution >= 0.6 is 27.3 Å². The second-order valence-electron chi connectivity index (χ2n) is 4.11. The van der Waals surface area contributed by atoms with Gasteiger partial charge in [-0.1, -0.05) is 6.58 Å². The Morgan fingerprint density at radius 1 is 1.65 bits per heavy atom. The van der Waals surface area contributed by atoms with Crippen LogP contribution in [-0.4, -0.2) is 24.7 Å². The fraction of sp³-hybridized carbons (Fsp3) is 0.583. The number of rotatable bonds is 4. The molecule has 0 spiro atoms. The Morgan fingerprint density at radius 3 is 2.88 bits per heavy atom. The standard InChI is InChI=1S/C12H17BrN2OS/c1-3-16-9(2)10-4-6-15(7-5-10)12-14-11(13)8-17-12/h8,10H,2-7H2,1H3. The van der Waals surface area contributed by atoms with E-state index in [1.807, 2.05) is 12.3 Å². The molecule has 2 rings (SSSR count). The third-order valence-corrected chi connectivity index (χ3v) is 4.63. The molecule has 0 unspecified atom stereocenters. The van der Waals surface area contributed by atoms with Crippen molar-refractivity contribution in [2.45, 2.75) is 19.8 Å². The van der Waals surface area contributed by atoms with E-state index >= 15 is 0 Å². The molecule has 1 aliphatic rings. The number of hydrogen-bond donors (Lipinski definition) is 0. The maximum Gasteiger partial charge on any atom is 0.186 e. The molecule has 0 aromatic carbocycles. The number of aromatic nitrogens is 1. The molecular weight excluding hydrogens is 300 g/mol. The lowest BCUT2D eigenvalue weighted by Crippen LogP contribution is -2.34. The zero-order valence-corrected chi connectivity index (χ0v) is 12.4. The number of halogens is 1. The molecule has 94 valence electrons. The Bertz CT molecular complexity index is 386. The molecule has 0 aliphatic carbocycles. The second-order valence-corrected chi connectivity index (χ2v) is 5.76. The molecule has 0 radical (unpaired) electrons. The highest BCUT2D eigenvalue weighted by molar-refractivity contribution is 9.10. The van der Waals surface area contributed by atoms with Gasteiger partial charge in [0.05, 0.1) is 12.4 Å². The van der Waals surface area contributed by atoms with Crippen LogP contribution in [0, 0.1) is 5.92 Å². The molecule has 1 aliphatic heterocycles. The Balaban J connectivity index is 1.88. The molecule has 1 saturated heterocycles. The van der Waals surface area contributed by atoms with Crippen LogP contribution in [0.25, 0.3) is 0 Å². The molecule has 0 atom stereocenters. The molecule has 1 aromatic rings. The molecule has 17 heavy (non-hydrogen) atoms. The van der Waals surface area contributed by atoms with Crippen LogP contribution in [0.4, 0.5) is 5.13 Å². The first-order valence-corrected chi connectivity index (χ1v) is 7.55. The van der Waals surface area contributed by atoms with E-state index in [-0.39, 0.29) is 0 Å². The normalized spacial score (nSPS) is 17.2. The van der Waals surface area contributed by atoms with Crippen molar-refractivity contribution in [1.29, 1.82) is 0 Å². The molecule has 0 N–H and O–H groups in total. The van der Waals surface area contributed by atoms with E-state index in [9.17, 15) is 0 Å². The third-order valence-electron chi connectivity index (χ3n) is 3.01. The van der Waals surface area contributed by atoms with Crippen LogP contribution in [0.5, 0.6) is 0 Å². The van der Waals surface area contributed by atoms with Gasteiger partial charge in [0, 0.05) is 24.4 Å². The lowest BCUT2D eigenvalue weighted by Gasteiger charge is -2.32. The molecule has 3 nitrogen and oxygen atoms in total. The van der Waals surface area contributed by atoms with E-state index in [4.69, 9.17) is 4.74 Å². The van der Waals surface area contributed by atoms with Crippen molar-refractivity contribution in [3.05, 3.63) is 22.3 Å². The van der Waals surface area contributed by atoms with Crippen LogP contribution in [0.1, 0.15) is 19.8 Å². The fourth-order valence-corrected chi connectivity index (χ4v) is 3.39. The highest BCUT2D eigenvalue weighted by atomic mass is 79.9. The summed E-state index contributed by atoms with van der Waals surface area (Å²) in [5.74, 6) is 1.46. The topological polar surface area (TPSA) is 25.4 Å². The van der Waals surface area contributed by atoms with Crippen LogP contribution < -0.4 is 4.90 Å². The van der Waals surface area contributed by atoms with Gasteiger partial charge in [0.25, 0.3) is 0 Å². The Hall–Kier alpha value is -0.550. The number of hydrogen-bond acceptors (Lipinski definition) is 4. The van der Waals surface area contributed by atoms with Crippen LogP contribution in [0.3, 0.4) is 0 Å². The molecule has 0 amide bonds. The summed E-state index contributed by atoms with van der Waals surface area (Å²) in [5, 5.41) is 3.14. The van der Waals surface area contributed by atoms with Crippen molar-refractivity contribution in [3.63, 3.8) is 0 Å². The highest BCUT2D eigenvalue weighted by Crippen LogP contribution is 2.30. The number of anilines is 1. The number of ether oxygens (including phenoxy) is 1. The van der Waals surface area contributed by atoms with Crippen molar-refractivity contribution in [2.75, 3.05) is 24.6 Å². The van der Waals surface area contributed by atoms with Gasteiger partial charge in [-0.25, -0.2) is 4.98 Å². The monoisotopic (exact) mass is 316 g/mol. The lowest BCUT2D eigenvalue weighted by atomic mass is 9.95. The van der Waals surface area contributed by atoms with Gasteiger partial charge in [-0.2, -0.15) is 0 Å². The van der Waals surface area contributed by atoms with Gasteiger partial charge in [-0.3, -0.25) is 0 Å². The quantitative estimate of drug-likeness (QED) is 0.792. The average molecular weight is 317 g/mol. The minimum atomic E-state index is 0.509. The maximum absolute atomic E-state index is 5.49. The van der Waals surface area contributed by atoms with E-state index in [2.05, 4.69) is 32.4 Å². The summed E-state index contributed by atoms with van der Waals surface area (Å²) in [6, 6.07) is 0. The van der Waals surface area contributed by atoms with Crippen molar-refractivity contribution >= 4 is 32.4 Å². The van der Waals surface area contributed by atoms with Gasteiger partial charge < -0.3 is 9.64 Å². The van der Waals surface area contributed by atoms with Gasteiger partial charge >= 0.3 is 0 Å².